The molecule has 6 nitrogen and oxygen atoms in total. The third-order valence-corrected chi connectivity index (χ3v) is 8.03. The van der Waals surface area contributed by atoms with Crippen LogP contribution in [0, 0.1) is 11.7 Å². The van der Waals surface area contributed by atoms with Crippen molar-refractivity contribution in [2.45, 2.75) is 36.0 Å². The van der Waals surface area contributed by atoms with E-state index in [1.807, 2.05) is 11.8 Å². The van der Waals surface area contributed by atoms with Crippen LogP contribution in [0.15, 0.2) is 58.3 Å². The molecular formula is C23H25F2NO5S2. The van der Waals surface area contributed by atoms with Crippen LogP contribution in [0.3, 0.4) is 0 Å². The summed E-state index contributed by atoms with van der Waals surface area (Å²) in [5, 5.41) is 8.72. The van der Waals surface area contributed by atoms with Gasteiger partial charge in [0, 0.05) is 18.3 Å². The standard InChI is InChI=1S/C23H25F2NO5S2/c1-3-4-5-15-12-26(17-8-6-16(24)7-9-17)19-10-21(32-2)20(31-13-18(25)23(27)28)11-22(19)33(29,30)14-15/h6-11,13,15H,3-5,12,14H2,1-2H3,(H,27,28)/b18-13-/t15-/m1/s1. The van der Waals surface area contributed by atoms with Gasteiger partial charge in [-0.3, -0.25) is 0 Å². The van der Waals surface area contributed by atoms with Crippen LogP contribution in [0.25, 0.3) is 0 Å². The first kappa shape index (κ1) is 25.0. The Bertz CT molecular complexity index is 1150. The fraction of sp³-hybridized carbons (Fsp3) is 0.348. The van der Waals surface area contributed by atoms with E-state index in [4.69, 9.17) is 9.84 Å². The summed E-state index contributed by atoms with van der Waals surface area (Å²) < 4.78 is 59.0. The van der Waals surface area contributed by atoms with E-state index in [1.54, 1.807) is 24.5 Å². The summed E-state index contributed by atoms with van der Waals surface area (Å²) >= 11 is 1.24. The second-order valence-corrected chi connectivity index (χ2v) is 10.6. The molecule has 10 heteroatoms. The Morgan fingerprint density at radius 2 is 2.00 bits per heavy atom. The third-order valence-electron chi connectivity index (χ3n) is 5.36. The summed E-state index contributed by atoms with van der Waals surface area (Å²) in [5.74, 6) is -3.89. The smallest absolute Gasteiger partial charge is 0.368 e. The molecule has 2 aromatic rings. The minimum Gasteiger partial charge on any atom is -0.476 e. The van der Waals surface area contributed by atoms with Crippen molar-refractivity contribution in [2.24, 2.45) is 5.92 Å². The first-order chi connectivity index (χ1) is 15.7. The van der Waals surface area contributed by atoms with E-state index < -0.39 is 27.5 Å². The van der Waals surface area contributed by atoms with Crippen molar-refractivity contribution < 1.29 is 31.8 Å². The monoisotopic (exact) mass is 497 g/mol. The number of hydrogen-bond donors (Lipinski definition) is 1. The number of thioether (sulfide) groups is 1. The number of anilines is 2. The molecule has 1 atom stereocenters. The number of carboxylic acid groups (broad SMARTS) is 1. The lowest BCUT2D eigenvalue weighted by Crippen LogP contribution is -2.26. The van der Waals surface area contributed by atoms with Crippen LogP contribution in [-0.4, -0.2) is 38.0 Å². The van der Waals surface area contributed by atoms with E-state index >= 15 is 0 Å². The van der Waals surface area contributed by atoms with Crippen molar-refractivity contribution in [3.63, 3.8) is 0 Å². The average molecular weight is 498 g/mol. The van der Waals surface area contributed by atoms with E-state index in [0.29, 0.717) is 35.5 Å². The highest BCUT2D eigenvalue weighted by molar-refractivity contribution is 7.98. The molecule has 0 aliphatic carbocycles. The summed E-state index contributed by atoms with van der Waals surface area (Å²) in [6, 6.07) is 8.78. The molecule has 0 amide bonds. The highest BCUT2D eigenvalue weighted by Gasteiger charge is 2.33. The van der Waals surface area contributed by atoms with Crippen LogP contribution >= 0.6 is 11.8 Å². The van der Waals surface area contributed by atoms with Gasteiger partial charge in [0.1, 0.15) is 17.8 Å². The van der Waals surface area contributed by atoms with E-state index in [-0.39, 0.29) is 22.3 Å². The van der Waals surface area contributed by atoms with E-state index in [9.17, 15) is 22.0 Å². The second kappa shape index (κ2) is 10.6. The molecule has 178 valence electrons. The van der Waals surface area contributed by atoms with E-state index in [2.05, 4.69) is 0 Å². The number of benzene rings is 2. The maximum absolute atomic E-state index is 13.6. The minimum absolute atomic E-state index is 0.00255. The maximum atomic E-state index is 13.6. The molecule has 0 bridgehead atoms. The minimum atomic E-state index is -3.75. The zero-order chi connectivity index (χ0) is 24.2. The number of aliphatic carboxylic acids is 1. The molecule has 3 rings (SSSR count). The van der Waals surface area contributed by atoms with Crippen molar-refractivity contribution in [3.8, 4) is 5.75 Å². The quantitative estimate of drug-likeness (QED) is 0.291. The van der Waals surface area contributed by atoms with Crippen molar-refractivity contribution in [1.29, 1.82) is 0 Å². The number of carboxylic acids is 1. The fourth-order valence-electron chi connectivity index (χ4n) is 3.75. The van der Waals surface area contributed by atoms with E-state index in [1.165, 1.54) is 30.0 Å². The summed E-state index contributed by atoms with van der Waals surface area (Å²) in [6.07, 6.45) is 4.69. The molecule has 1 heterocycles. The van der Waals surface area contributed by atoms with Gasteiger partial charge >= 0.3 is 5.97 Å². The molecule has 2 aromatic carbocycles. The van der Waals surface area contributed by atoms with Gasteiger partial charge in [0.2, 0.25) is 5.83 Å². The molecule has 1 N–H and O–H groups in total. The number of unbranched alkanes of at least 4 members (excludes halogenated alkanes) is 1. The number of ether oxygens (including phenoxy) is 1. The summed E-state index contributed by atoms with van der Waals surface area (Å²) in [5.41, 5.74) is 1.06. The molecule has 0 unspecified atom stereocenters. The van der Waals surface area contributed by atoms with Crippen LogP contribution in [0.4, 0.5) is 20.2 Å². The summed E-state index contributed by atoms with van der Waals surface area (Å²) in [7, 11) is -3.75. The molecule has 0 spiro atoms. The second-order valence-electron chi connectivity index (χ2n) is 7.74. The summed E-state index contributed by atoms with van der Waals surface area (Å²) in [6.45, 7) is 2.47. The molecule has 0 radical (unpaired) electrons. The summed E-state index contributed by atoms with van der Waals surface area (Å²) in [4.78, 5) is 13.1. The van der Waals surface area contributed by atoms with Crippen molar-refractivity contribution in [3.05, 3.63) is 54.3 Å². The van der Waals surface area contributed by atoms with Gasteiger partial charge < -0.3 is 14.7 Å². The number of halogens is 2. The van der Waals surface area contributed by atoms with Gasteiger partial charge in [-0.2, -0.15) is 4.39 Å². The molecule has 33 heavy (non-hydrogen) atoms. The van der Waals surface area contributed by atoms with Gasteiger partial charge in [-0.15, -0.1) is 11.8 Å². The van der Waals surface area contributed by atoms with Crippen LogP contribution in [0.2, 0.25) is 0 Å². The van der Waals surface area contributed by atoms with Gasteiger partial charge in [0.05, 0.1) is 21.2 Å². The van der Waals surface area contributed by atoms with Crippen molar-refractivity contribution >= 4 is 38.9 Å². The zero-order valence-electron chi connectivity index (χ0n) is 18.3. The topological polar surface area (TPSA) is 83.9 Å². The first-order valence-electron chi connectivity index (χ1n) is 10.4. The van der Waals surface area contributed by atoms with Crippen molar-refractivity contribution in [2.75, 3.05) is 23.5 Å². The number of nitrogens with zero attached hydrogens (tertiary/aromatic N) is 1. The number of carbonyl (C=O) groups is 1. The zero-order valence-corrected chi connectivity index (χ0v) is 19.9. The van der Waals surface area contributed by atoms with Crippen LogP contribution in [0.5, 0.6) is 5.75 Å². The van der Waals surface area contributed by atoms with Crippen LogP contribution in [-0.2, 0) is 14.6 Å². The SMILES string of the molecule is CCCC[C@@H]1CN(c2ccc(F)cc2)c2cc(SC)c(O/C=C(\F)C(=O)O)cc2S(=O)(=O)C1. The molecule has 0 saturated heterocycles. The highest BCUT2D eigenvalue weighted by Crippen LogP contribution is 2.43. The predicted molar refractivity (Wildman–Crippen MR) is 124 cm³/mol. The number of rotatable bonds is 8. The van der Waals surface area contributed by atoms with Crippen molar-refractivity contribution in [1.82, 2.24) is 0 Å². The Balaban J connectivity index is 2.17. The van der Waals surface area contributed by atoms with Crippen LogP contribution in [0.1, 0.15) is 26.2 Å². The molecule has 1 aliphatic heterocycles. The fourth-order valence-corrected chi connectivity index (χ4v) is 6.13. The first-order valence-corrected chi connectivity index (χ1v) is 13.3. The number of sulfone groups is 1. The number of fused-ring (bicyclic) bond motifs is 1. The predicted octanol–water partition coefficient (Wildman–Crippen LogP) is 5.55. The van der Waals surface area contributed by atoms with Gasteiger partial charge in [-0.25, -0.2) is 17.6 Å². The molecule has 0 saturated carbocycles. The molecule has 1 aliphatic rings. The van der Waals surface area contributed by atoms with Gasteiger partial charge in [0.25, 0.3) is 0 Å². The Labute approximate surface area is 196 Å². The average Bonchev–Trinajstić information content (AvgIpc) is 2.89. The van der Waals surface area contributed by atoms with Crippen LogP contribution < -0.4 is 9.64 Å². The highest BCUT2D eigenvalue weighted by atomic mass is 32.2. The molecule has 0 fully saturated rings. The Morgan fingerprint density at radius 3 is 2.61 bits per heavy atom. The normalized spacial score (nSPS) is 17.9. The van der Waals surface area contributed by atoms with Gasteiger partial charge in [0.15, 0.2) is 9.84 Å². The number of hydrogen-bond acceptors (Lipinski definition) is 6. The van der Waals surface area contributed by atoms with Gasteiger partial charge in [-0.05, 0) is 48.9 Å². The lowest BCUT2D eigenvalue weighted by atomic mass is 10.0. The maximum Gasteiger partial charge on any atom is 0.368 e. The Hall–Kier alpha value is -2.59. The van der Waals surface area contributed by atoms with Gasteiger partial charge in [-0.1, -0.05) is 19.8 Å². The molecular weight excluding hydrogens is 472 g/mol. The molecule has 0 aromatic heterocycles. The Morgan fingerprint density at radius 1 is 1.30 bits per heavy atom. The Kier molecular flexibility index (Phi) is 8.01. The van der Waals surface area contributed by atoms with E-state index in [0.717, 1.165) is 12.8 Å². The lowest BCUT2D eigenvalue weighted by Gasteiger charge is -2.28. The third kappa shape index (κ3) is 5.86. The lowest BCUT2D eigenvalue weighted by molar-refractivity contribution is -0.134. The largest absolute Gasteiger partial charge is 0.476 e.